The minimum atomic E-state index is -1.17. The van der Waals surface area contributed by atoms with Crippen molar-refractivity contribution in [2.75, 3.05) is 0 Å². The van der Waals surface area contributed by atoms with Crippen LogP contribution in [0.15, 0.2) is 30.3 Å². The lowest BCUT2D eigenvalue weighted by Crippen LogP contribution is -2.07. The Morgan fingerprint density at radius 2 is 2.15 bits per heavy atom. The lowest BCUT2D eigenvalue weighted by Gasteiger charge is -2.10. The van der Waals surface area contributed by atoms with E-state index in [0.29, 0.717) is 11.3 Å². The van der Waals surface area contributed by atoms with Crippen LogP contribution in [0.1, 0.15) is 21.7 Å². The molecule has 2 rings (SSSR count). The molecule has 0 unspecified atom stereocenters. The Labute approximate surface area is 119 Å². The number of halogens is 2. The summed E-state index contributed by atoms with van der Waals surface area (Å²) in [4.78, 5) is 15.0. The molecule has 0 fully saturated rings. The molecule has 0 atom stereocenters. The van der Waals surface area contributed by atoms with Crippen molar-refractivity contribution in [2.45, 2.75) is 13.5 Å². The second-order valence-electron chi connectivity index (χ2n) is 4.13. The van der Waals surface area contributed by atoms with Gasteiger partial charge in [-0.05, 0) is 31.2 Å². The van der Waals surface area contributed by atoms with Crippen LogP contribution < -0.4 is 4.74 Å². The van der Waals surface area contributed by atoms with Crippen LogP contribution in [-0.4, -0.2) is 16.1 Å². The van der Waals surface area contributed by atoms with Gasteiger partial charge in [0.2, 0.25) is 0 Å². The van der Waals surface area contributed by atoms with Gasteiger partial charge < -0.3 is 9.84 Å². The number of benzene rings is 1. The average Bonchev–Trinajstić information content (AvgIpc) is 2.38. The van der Waals surface area contributed by atoms with Gasteiger partial charge in [0, 0.05) is 11.3 Å². The van der Waals surface area contributed by atoms with Gasteiger partial charge in [0.15, 0.2) is 11.4 Å². The van der Waals surface area contributed by atoms with Gasteiger partial charge in [-0.3, -0.25) is 0 Å². The zero-order chi connectivity index (χ0) is 14.7. The van der Waals surface area contributed by atoms with Gasteiger partial charge >= 0.3 is 5.97 Å². The van der Waals surface area contributed by atoms with E-state index in [4.69, 9.17) is 21.4 Å². The zero-order valence-corrected chi connectivity index (χ0v) is 11.3. The van der Waals surface area contributed by atoms with Crippen LogP contribution in [-0.2, 0) is 6.61 Å². The Balaban J connectivity index is 2.20. The minimum absolute atomic E-state index is 0.0319. The third-order valence-corrected chi connectivity index (χ3v) is 2.95. The van der Waals surface area contributed by atoms with E-state index in [1.54, 1.807) is 13.0 Å². The molecule has 20 heavy (non-hydrogen) atoms. The van der Waals surface area contributed by atoms with Crippen LogP contribution in [0.2, 0.25) is 5.02 Å². The molecule has 1 heterocycles. The molecule has 0 aliphatic carbocycles. The van der Waals surface area contributed by atoms with Crippen LogP contribution in [0, 0.1) is 12.7 Å². The number of pyridine rings is 1. The molecule has 1 aromatic heterocycles. The number of nitrogens with zero attached hydrogens (tertiary/aromatic N) is 1. The minimum Gasteiger partial charge on any atom is -0.486 e. The van der Waals surface area contributed by atoms with Crippen molar-refractivity contribution in [3.63, 3.8) is 0 Å². The van der Waals surface area contributed by atoms with E-state index < -0.39 is 11.8 Å². The third kappa shape index (κ3) is 3.24. The van der Waals surface area contributed by atoms with E-state index in [0.717, 1.165) is 0 Å². The van der Waals surface area contributed by atoms with E-state index in [9.17, 15) is 9.18 Å². The van der Waals surface area contributed by atoms with Gasteiger partial charge in [0.05, 0.1) is 5.02 Å². The van der Waals surface area contributed by atoms with Crippen molar-refractivity contribution in [2.24, 2.45) is 0 Å². The number of aryl methyl sites for hydroxylation is 1. The summed E-state index contributed by atoms with van der Waals surface area (Å²) in [6, 6.07) is 7.10. The lowest BCUT2D eigenvalue weighted by molar-refractivity contribution is 0.0684. The second-order valence-corrected chi connectivity index (χ2v) is 4.54. The molecule has 0 amide bonds. The molecule has 0 aliphatic heterocycles. The smallest absolute Gasteiger partial charge is 0.358 e. The van der Waals surface area contributed by atoms with E-state index in [1.165, 1.54) is 24.3 Å². The summed E-state index contributed by atoms with van der Waals surface area (Å²) < 4.78 is 18.3. The lowest BCUT2D eigenvalue weighted by atomic mass is 10.2. The number of hydrogen-bond donors (Lipinski definition) is 1. The number of carbonyl (C=O) groups is 1. The van der Waals surface area contributed by atoms with Crippen molar-refractivity contribution >= 4 is 17.6 Å². The fourth-order valence-electron chi connectivity index (χ4n) is 1.61. The summed E-state index contributed by atoms with van der Waals surface area (Å²) in [5, 5.41) is 9.28. The normalized spacial score (nSPS) is 10.3. The molecule has 1 aromatic carbocycles. The van der Waals surface area contributed by atoms with Crippen molar-refractivity contribution in [3.8, 4) is 5.75 Å². The maximum Gasteiger partial charge on any atom is 0.358 e. The third-order valence-electron chi connectivity index (χ3n) is 2.60. The highest BCUT2D eigenvalue weighted by molar-refractivity contribution is 6.31. The van der Waals surface area contributed by atoms with Crippen molar-refractivity contribution in [3.05, 3.63) is 58.1 Å². The molecule has 0 radical (unpaired) electrons. The quantitative estimate of drug-likeness (QED) is 0.938. The number of carboxylic acid groups (broad SMARTS) is 1. The second kappa shape index (κ2) is 5.88. The molecule has 0 saturated heterocycles. The van der Waals surface area contributed by atoms with E-state index in [-0.39, 0.29) is 23.1 Å². The van der Waals surface area contributed by atoms with E-state index in [1.807, 2.05) is 0 Å². The van der Waals surface area contributed by atoms with Gasteiger partial charge in [-0.2, -0.15) is 0 Å². The molecule has 4 nitrogen and oxygen atoms in total. The summed E-state index contributed by atoms with van der Waals surface area (Å²) in [5.74, 6) is -1.47. The van der Waals surface area contributed by atoms with Crippen molar-refractivity contribution < 1.29 is 19.0 Å². The Morgan fingerprint density at radius 1 is 1.40 bits per heavy atom. The predicted octanol–water partition coefficient (Wildman–Crippen LogP) is 3.46. The number of aromatic nitrogens is 1. The summed E-state index contributed by atoms with van der Waals surface area (Å²) in [5.41, 5.74) is 0.975. The molecular weight excluding hydrogens is 285 g/mol. The van der Waals surface area contributed by atoms with Gasteiger partial charge in [-0.1, -0.05) is 17.7 Å². The summed E-state index contributed by atoms with van der Waals surface area (Å²) in [6.45, 7) is 1.72. The fourth-order valence-corrected chi connectivity index (χ4v) is 1.83. The van der Waals surface area contributed by atoms with Crippen LogP contribution in [0.25, 0.3) is 0 Å². The number of carboxylic acids is 1. The zero-order valence-electron chi connectivity index (χ0n) is 10.6. The first-order valence-electron chi connectivity index (χ1n) is 5.75. The largest absolute Gasteiger partial charge is 0.486 e. The first kappa shape index (κ1) is 14.3. The van der Waals surface area contributed by atoms with Crippen LogP contribution in [0.3, 0.4) is 0 Å². The van der Waals surface area contributed by atoms with Crippen LogP contribution in [0.4, 0.5) is 4.39 Å². The Kier molecular flexibility index (Phi) is 4.20. The predicted molar refractivity (Wildman–Crippen MR) is 71.7 cm³/mol. The molecule has 104 valence electrons. The molecule has 6 heteroatoms. The molecule has 2 aromatic rings. The SMILES string of the molecule is Cc1ccc(OCc2ccc(F)cc2Cl)c(C(=O)O)n1. The molecule has 0 bridgehead atoms. The number of aromatic carboxylic acids is 1. The van der Waals surface area contributed by atoms with Gasteiger partial charge in [-0.15, -0.1) is 0 Å². The van der Waals surface area contributed by atoms with Gasteiger partial charge in [0.1, 0.15) is 12.4 Å². The molecule has 0 saturated carbocycles. The van der Waals surface area contributed by atoms with E-state index in [2.05, 4.69) is 4.98 Å². The Hall–Kier alpha value is -2.14. The highest BCUT2D eigenvalue weighted by Crippen LogP contribution is 2.22. The van der Waals surface area contributed by atoms with Crippen molar-refractivity contribution in [1.82, 2.24) is 4.98 Å². The Morgan fingerprint density at radius 3 is 2.80 bits per heavy atom. The van der Waals surface area contributed by atoms with Gasteiger partial charge in [-0.25, -0.2) is 14.2 Å². The highest BCUT2D eigenvalue weighted by atomic mass is 35.5. The molecular formula is C14H11ClFNO3. The first-order valence-corrected chi connectivity index (χ1v) is 6.13. The molecule has 0 aliphatic rings. The summed E-state index contributed by atoms with van der Waals surface area (Å²) in [7, 11) is 0. The van der Waals surface area contributed by atoms with Gasteiger partial charge in [0.25, 0.3) is 0 Å². The maximum atomic E-state index is 12.9. The average molecular weight is 296 g/mol. The number of rotatable bonds is 4. The molecule has 1 N–H and O–H groups in total. The fraction of sp³-hybridized carbons (Fsp3) is 0.143. The maximum absolute atomic E-state index is 12.9. The first-order chi connectivity index (χ1) is 9.47. The number of hydrogen-bond acceptors (Lipinski definition) is 3. The van der Waals surface area contributed by atoms with Crippen molar-refractivity contribution in [1.29, 1.82) is 0 Å². The van der Waals surface area contributed by atoms with Crippen LogP contribution >= 0.6 is 11.6 Å². The van der Waals surface area contributed by atoms with Crippen LogP contribution in [0.5, 0.6) is 5.75 Å². The summed E-state index contributed by atoms with van der Waals surface area (Å²) >= 11 is 5.87. The standard InChI is InChI=1S/C14H11ClFNO3/c1-8-2-5-12(13(17-8)14(18)19)20-7-9-3-4-10(16)6-11(9)15/h2-6H,7H2,1H3,(H,18,19). The van der Waals surface area contributed by atoms with E-state index >= 15 is 0 Å². The number of ether oxygens (including phenoxy) is 1. The highest BCUT2D eigenvalue weighted by Gasteiger charge is 2.14. The Bertz CT molecular complexity index is 661. The molecule has 0 spiro atoms. The summed E-state index contributed by atoms with van der Waals surface area (Å²) in [6.07, 6.45) is 0. The monoisotopic (exact) mass is 295 g/mol. The topological polar surface area (TPSA) is 59.4 Å².